The number of pyridine rings is 2. The minimum absolute atomic E-state index is 0.149. The number of piperidine rings is 1. The second-order valence-electron chi connectivity index (χ2n) is 8.55. The van der Waals surface area contributed by atoms with Crippen LogP contribution in [0.5, 0.6) is 0 Å². The van der Waals surface area contributed by atoms with Crippen LogP contribution in [0, 0.1) is 5.92 Å². The molecule has 29 heavy (non-hydrogen) atoms. The first-order chi connectivity index (χ1) is 13.8. The second-order valence-corrected chi connectivity index (χ2v) is 8.55. The van der Waals surface area contributed by atoms with Crippen molar-refractivity contribution in [1.82, 2.24) is 19.7 Å². The zero-order valence-electron chi connectivity index (χ0n) is 17.2. The van der Waals surface area contributed by atoms with Crippen LogP contribution in [0.2, 0.25) is 0 Å². The number of aromatic nitrogens is 3. The minimum Gasteiger partial charge on any atom is -0.392 e. The molecule has 0 aromatic carbocycles. The maximum Gasteiger partial charge on any atom is 0.137 e. The van der Waals surface area contributed by atoms with Gasteiger partial charge in [-0.3, -0.25) is 4.40 Å². The van der Waals surface area contributed by atoms with E-state index in [4.69, 9.17) is 4.98 Å². The highest BCUT2D eigenvalue weighted by molar-refractivity contribution is 5.63. The van der Waals surface area contributed by atoms with Crippen molar-refractivity contribution in [2.45, 2.75) is 45.4 Å². The number of hydrogen-bond acceptors (Lipinski definition) is 6. The van der Waals surface area contributed by atoms with E-state index < -0.39 is 5.60 Å². The topological polar surface area (TPSA) is 94.7 Å². The van der Waals surface area contributed by atoms with E-state index in [1.807, 2.05) is 34.9 Å². The van der Waals surface area contributed by atoms with Gasteiger partial charge in [0.15, 0.2) is 0 Å². The number of aliphatic hydroxyl groups excluding tert-OH is 1. The van der Waals surface area contributed by atoms with E-state index in [9.17, 15) is 10.2 Å². The molecule has 154 valence electrons. The number of fused-ring (bicyclic) bond motifs is 1. The monoisotopic (exact) mass is 395 g/mol. The van der Waals surface area contributed by atoms with Gasteiger partial charge in [-0.05, 0) is 56.5 Å². The van der Waals surface area contributed by atoms with Crippen molar-refractivity contribution in [3.8, 4) is 11.4 Å². The van der Waals surface area contributed by atoms with Gasteiger partial charge in [0.25, 0.3) is 0 Å². The minimum atomic E-state index is -1.07. The summed E-state index contributed by atoms with van der Waals surface area (Å²) in [6.45, 7) is 7.53. The summed E-state index contributed by atoms with van der Waals surface area (Å²) < 4.78 is 1.92. The normalized spacial score (nSPS) is 20.2. The highest BCUT2D eigenvalue weighted by atomic mass is 16.3. The lowest BCUT2D eigenvalue weighted by Crippen LogP contribution is -2.42. The highest BCUT2D eigenvalue weighted by Crippen LogP contribution is 2.28. The molecule has 1 aliphatic rings. The quantitative estimate of drug-likeness (QED) is 0.530. The van der Waals surface area contributed by atoms with Crippen molar-refractivity contribution >= 4 is 11.5 Å². The molecule has 4 rings (SSSR count). The first-order valence-electron chi connectivity index (χ1n) is 10.1. The summed E-state index contributed by atoms with van der Waals surface area (Å²) in [5.74, 6) is 1.48. The van der Waals surface area contributed by atoms with E-state index in [0.29, 0.717) is 28.7 Å². The zero-order chi connectivity index (χ0) is 20.6. The largest absolute Gasteiger partial charge is 0.392 e. The van der Waals surface area contributed by atoms with Gasteiger partial charge in [-0.25, -0.2) is 9.97 Å². The Hall–Kier alpha value is -2.48. The summed E-state index contributed by atoms with van der Waals surface area (Å²) in [7, 11) is 0. The Bertz CT molecular complexity index is 1010. The zero-order valence-corrected chi connectivity index (χ0v) is 17.2. The standard InChI is InChI=1S/C22H29N5O2/c1-14-7-16(10-23-9-14)25-20-6-4-5-18(26-20)19-11-24-21-8-15(13-28)17(12-27(19)21)22(2,3)29/h4-6,8,11-12,14,16,23,28-29H,7,9-10,13H2,1-3H3,(H,25,26)/t14-,16+/m0/s1. The number of aliphatic hydroxyl groups is 2. The number of imidazole rings is 1. The molecule has 7 heteroatoms. The fraction of sp³-hybridized carbons (Fsp3) is 0.455. The molecular weight excluding hydrogens is 366 g/mol. The van der Waals surface area contributed by atoms with E-state index >= 15 is 0 Å². The van der Waals surface area contributed by atoms with Crippen molar-refractivity contribution in [2.75, 3.05) is 18.4 Å². The summed E-state index contributed by atoms with van der Waals surface area (Å²) in [6, 6.07) is 8.10. The average molecular weight is 396 g/mol. The predicted octanol–water partition coefficient (Wildman–Crippen LogP) is 2.53. The third-order valence-electron chi connectivity index (χ3n) is 5.50. The molecular formula is C22H29N5O2. The van der Waals surface area contributed by atoms with Crippen LogP contribution in [0.3, 0.4) is 0 Å². The number of nitrogens with zero attached hydrogens (tertiary/aromatic N) is 3. The molecule has 1 saturated heterocycles. The van der Waals surface area contributed by atoms with Crippen LogP contribution in [0.15, 0.2) is 36.7 Å². The lowest BCUT2D eigenvalue weighted by Gasteiger charge is -2.28. The van der Waals surface area contributed by atoms with E-state index in [2.05, 4.69) is 22.5 Å². The molecule has 0 unspecified atom stereocenters. The summed E-state index contributed by atoms with van der Waals surface area (Å²) in [4.78, 5) is 9.29. The Morgan fingerprint density at radius 3 is 2.86 bits per heavy atom. The number of hydrogen-bond donors (Lipinski definition) is 4. The van der Waals surface area contributed by atoms with Gasteiger partial charge in [0.1, 0.15) is 11.5 Å². The Morgan fingerprint density at radius 1 is 1.31 bits per heavy atom. The molecule has 3 aromatic heterocycles. The molecule has 7 nitrogen and oxygen atoms in total. The number of nitrogens with one attached hydrogen (secondary N) is 2. The van der Waals surface area contributed by atoms with Gasteiger partial charge in [-0.15, -0.1) is 0 Å². The van der Waals surface area contributed by atoms with Gasteiger partial charge in [0.2, 0.25) is 0 Å². The maximum atomic E-state index is 10.5. The molecule has 0 bridgehead atoms. The summed E-state index contributed by atoms with van der Waals surface area (Å²) in [5.41, 5.74) is 2.62. The fourth-order valence-corrected chi connectivity index (χ4v) is 4.07. The lowest BCUT2D eigenvalue weighted by molar-refractivity contribution is 0.0755. The van der Waals surface area contributed by atoms with Crippen LogP contribution in [0.4, 0.5) is 5.82 Å². The average Bonchev–Trinajstić information content (AvgIpc) is 3.09. The second kappa shape index (κ2) is 7.74. The predicted molar refractivity (Wildman–Crippen MR) is 114 cm³/mol. The Balaban J connectivity index is 1.69. The molecule has 0 spiro atoms. The van der Waals surface area contributed by atoms with Crippen molar-refractivity contribution in [2.24, 2.45) is 5.92 Å². The molecule has 3 aromatic rings. The number of anilines is 1. The van der Waals surface area contributed by atoms with Gasteiger partial charge in [0.05, 0.1) is 29.8 Å². The molecule has 4 N–H and O–H groups in total. The van der Waals surface area contributed by atoms with Gasteiger partial charge in [0, 0.05) is 24.3 Å². The molecule has 0 aliphatic carbocycles. The van der Waals surface area contributed by atoms with Crippen molar-refractivity contribution in [3.05, 3.63) is 47.8 Å². The van der Waals surface area contributed by atoms with Gasteiger partial charge >= 0.3 is 0 Å². The van der Waals surface area contributed by atoms with Crippen LogP contribution in [-0.4, -0.2) is 43.7 Å². The third kappa shape index (κ3) is 4.12. The molecule has 0 saturated carbocycles. The van der Waals surface area contributed by atoms with E-state index in [0.717, 1.165) is 36.7 Å². The van der Waals surface area contributed by atoms with Crippen LogP contribution in [0.1, 0.15) is 38.3 Å². The summed E-state index contributed by atoms with van der Waals surface area (Å²) >= 11 is 0. The fourth-order valence-electron chi connectivity index (χ4n) is 4.07. The molecule has 1 aliphatic heterocycles. The summed E-state index contributed by atoms with van der Waals surface area (Å²) in [6.07, 6.45) is 4.74. The molecule has 0 radical (unpaired) electrons. The van der Waals surface area contributed by atoms with Gasteiger partial charge < -0.3 is 20.8 Å². The molecule has 2 atom stereocenters. The van der Waals surface area contributed by atoms with Gasteiger partial charge in [-0.2, -0.15) is 0 Å². The first kappa shape index (κ1) is 19.8. The Labute approximate surface area is 170 Å². The van der Waals surface area contributed by atoms with Gasteiger partial charge in [-0.1, -0.05) is 13.0 Å². The van der Waals surface area contributed by atoms with Crippen LogP contribution in [0.25, 0.3) is 17.0 Å². The maximum absolute atomic E-state index is 10.5. The van der Waals surface area contributed by atoms with Crippen molar-refractivity contribution in [1.29, 1.82) is 0 Å². The molecule has 1 fully saturated rings. The van der Waals surface area contributed by atoms with E-state index in [-0.39, 0.29) is 6.61 Å². The lowest BCUT2D eigenvalue weighted by atomic mass is 9.95. The van der Waals surface area contributed by atoms with E-state index in [1.165, 1.54) is 0 Å². The first-order valence-corrected chi connectivity index (χ1v) is 10.1. The molecule has 4 heterocycles. The molecule has 0 amide bonds. The van der Waals surface area contributed by atoms with E-state index in [1.54, 1.807) is 20.0 Å². The van der Waals surface area contributed by atoms with Crippen molar-refractivity contribution in [3.63, 3.8) is 0 Å². The summed E-state index contributed by atoms with van der Waals surface area (Å²) in [5, 5.41) is 27.2. The van der Waals surface area contributed by atoms with Crippen molar-refractivity contribution < 1.29 is 10.2 Å². The third-order valence-corrected chi connectivity index (χ3v) is 5.50. The Kier molecular flexibility index (Phi) is 5.29. The van der Waals surface area contributed by atoms with Crippen LogP contribution in [-0.2, 0) is 12.2 Å². The number of rotatable bonds is 5. The Morgan fingerprint density at radius 2 is 2.14 bits per heavy atom. The highest BCUT2D eigenvalue weighted by Gasteiger charge is 2.22. The van der Waals surface area contributed by atoms with Crippen LogP contribution >= 0.6 is 0 Å². The van der Waals surface area contributed by atoms with Crippen LogP contribution < -0.4 is 10.6 Å². The SMILES string of the molecule is C[C@@H]1CNC[C@H](Nc2cccc(-c3cnc4cc(CO)c(C(C)(C)O)cn34)n2)C1. The smallest absolute Gasteiger partial charge is 0.137 e.